The Hall–Kier alpha value is -0.880. The molecule has 44 valence electrons. The fourth-order valence-corrected chi connectivity index (χ4v) is 0.353. The summed E-state index contributed by atoms with van der Waals surface area (Å²) in [6, 6.07) is 2.00. The first-order chi connectivity index (χ1) is 3.77. The Kier molecular flexibility index (Phi) is 3.81. The van der Waals surface area contributed by atoms with E-state index in [0.29, 0.717) is 18.8 Å². The van der Waals surface area contributed by atoms with Crippen LogP contribution in [0.4, 0.5) is 0 Å². The predicted octanol–water partition coefficient (Wildman–Crippen LogP) is -0.539. The quantitative estimate of drug-likeness (QED) is 0.281. The summed E-state index contributed by atoms with van der Waals surface area (Å²) in [5, 5.41) is 16.7. The van der Waals surface area contributed by atoms with Crippen molar-refractivity contribution in [3.63, 3.8) is 0 Å². The Labute approximate surface area is 48.8 Å². The van der Waals surface area contributed by atoms with Gasteiger partial charge < -0.3 is 5.32 Å². The standard InChI is InChI=1S/C5H9N3/c1-5(7)8-4-2-3-6/h2,4H2,1H3,(H2,7,8)/p+1. The molecule has 0 aromatic rings. The molecule has 8 heavy (non-hydrogen) atoms. The number of amidine groups is 1. The first kappa shape index (κ1) is 7.12. The van der Waals surface area contributed by atoms with E-state index in [-0.39, 0.29) is 0 Å². The molecule has 0 aliphatic rings. The van der Waals surface area contributed by atoms with Gasteiger partial charge in [-0.15, -0.1) is 0 Å². The van der Waals surface area contributed by atoms with Crippen molar-refractivity contribution in [2.45, 2.75) is 13.3 Å². The monoisotopic (exact) mass is 112 g/mol. The Morgan fingerprint density at radius 2 is 2.50 bits per heavy atom. The lowest BCUT2D eigenvalue weighted by Gasteiger charge is -1.89. The molecule has 0 saturated heterocycles. The number of rotatable bonds is 2. The average Bonchev–Trinajstić information content (AvgIpc) is 1.66. The number of nitrogens with two attached hydrogens (primary N) is 1. The van der Waals surface area contributed by atoms with Crippen LogP contribution < -0.4 is 5.32 Å². The molecule has 0 aliphatic carbocycles. The molecular weight excluding hydrogens is 102 g/mol. The topological polar surface area (TPSA) is 64.2 Å². The van der Waals surface area contributed by atoms with Crippen molar-refractivity contribution in [1.29, 1.82) is 10.7 Å². The van der Waals surface area contributed by atoms with Gasteiger partial charge in [-0.25, -0.2) is 0 Å². The summed E-state index contributed by atoms with van der Waals surface area (Å²) in [5.74, 6) is 0.542. The van der Waals surface area contributed by atoms with E-state index in [1.807, 2.05) is 6.07 Å². The van der Waals surface area contributed by atoms with Gasteiger partial charge in [0.05, 0.1) is 19.0 Å². The van der Waals surface area contributed by atoms with E-state index in [1.165, 1.54) is 0 Å². The van der Waals surface area contributed by atoms with Crippen LogP contribution in [0.2, 0.25) is 0 Å². The summed E-state index contributed by atoms with van der Waals surface area (Å²) in [5.41, 5.74) is 0. The van der Waals surface area contributed by atoms with Crippen molar-refractivity contribution in [1.82, 2.24) is 0 Å². The van der Waals surface area contributed by atoms with Crippen LogP contribution in [0.5, 0.6) is 0 Å². The molecule has 0 aromatic heterocycles. The van der Waals surface area contributed by atoms with Gasteiger partial charge in [-0.3, -0.25) is 5.41 Å². The van der Waals surface area contributed by atoms with E-state index in [4.69, 9.17) is 10.7 Å². The summed E-state index contributed by atoms with van der Waals surface area (Å²) in [6.07, 6.45) is 0.524. The second-order valence-corrected chi connectivity index (χ2v) is 1.58. The highest BCUT2D eigenvalue weighted by Crippen LogP contribution is 1.60. The smallest absolute Gasteiger partial charge is 0.188 e. The number of hydrogen-bond acceptors (Lipinski definition) is 2. The highest BCUT2D eigenvalue weighted by Gasteiger charge is 1.88. The molecule has 0 unspecified atom stereocenters. The molecular formula is C5H10N3+. The van der Waals surface area contributed by atoms with Crippen LogP contribution >= 0.6 is 0 Å². The summed E-state index contributed by atoms with van der Waals surface area (Å²) in [4.78, 5) is 0. The lowest BCUT2D eigenvalue weighted by Crippen LogP contribution is -2.87. The number of nitriles is 1. The lowest BCUT2D eigenvalue weighted by atomic mass is 10.4. The van der Waals surface area contributed by atoms with E-state index >= 15 is 0 Å². The van der Waals surface area contributed by atoms with Crippen LogP contribution in [0, 0.1) is 16.7 Å². The normalized spacial score (nSPS) is 8.00. The summed E-state index contributed by atoms with van der Waals surface area (Å²) < 4.78 is 0. The highest BCUT2D eigenvalue weighted by atomic mass is 14.9. The van der Waals surface area contributed by atoms with Crippen LogP contribution in [0.1, 0.15) is 13.3 Å². The fraction of sp³-hybridized carbons (Fsp3) is 0.600. The van der Waals surface area contributed by atoms with Gasteiger partial charge in [-0.05, 0) is 0 Å². The largest absolute Gasteiger partial charge is 0.301 e. The van der Waals surface area contributed by atoms with Crippen molar-refractivity contribution in [2.24, 2.45) is 0 Å². The van der Waals surface area contributed by atoms with Crippen LogP contribution in [0.15, 0.2) is 0 Å². The summed E-state index contributed by atoms with van der Waals surface area (Å²) in [6.45, 7) is 2.42. The molecule has 0 bridgehead atoms. The third-order valence-corrected chi connectivity index (χ3v) is 0.707. The zero-order chi connectivity index (χ0) is 6.41. The van der Waals surface area contributed by atoms with E-state index < -0.39 is 0 Å². The van der Waals surface area contributed by atoms with Crippen molar-refractivity contribution in [3.8, 4) is 6.07 Å². The molecule has 3 nitrogen and oxygen atoms in total. The maximum Gasteiger partial charge on any atom is 0.188 e. The Morgan fingerprint density at radius 3 is 2.88 bits per heavy atom. The molecule has 0 atom stereocenters. The third kappa shape index (κ3) is 5.12. The minimum absolute atomic E-state index is 0.524. The van der Waals surface area contributed by atoms with Crippen molar-refractivity contribution in [2.75, 3.05) is 6.54 Å². The van der Waals surface area contributed by atoms with Gasteiger partial charge in [0, 0.05) is 6.92 Å². The molecule has 0 fully saturated rings. The molecule has 0 aromatic carbocycles. The Morgan fingerprint density at radius 1 is 1.88 bits per heavy atom. The van der Waals surface area contributed by atoms with Gasteiger partial charge in [-0.2, -0.15) is 5.26 Å². The third-order valence-electron chi connectivity index (χ3n) is 0.707. The van der Waals surface area contributed by atoms with Gasteiger partial charge in [-0.1, -0.05) is 0 Å². The number of nitrogens with zero attached hydrogens (tertiary/aromatic N) is 1. The summed E-state index contributed by atoms with van der Waals surface area (Å²) in [7, 11) is 0. The minimum Gasteiger partial charge on any atom is -0.301 e. The zero-order valence-corrected chi connectivity index (χ0v) is 4.94. The van der Waals surface area contributed by atoms with E-state index in [0.717, 1.165) is 0 Å². The molecule has 3 N–H and O–H groups in total. The molecule has 0 radical (unpaired) electrons. The maximum atomic E-state index is 8.04. The molecule has 0 spiro atoms. The number of quaternary nitrogens is 1. The molecule has 3 heteroatoms. The van der Waals surface area contributed by atoms with Crippen LogP contribution in [-0.4, -0.2) is 12.4 Å². The second-order valence-electron chi connectivity index (χ2n) is 1.58. The molecule has 0 rings (SSSR count). The molecule has 0 saturated carbocycles. The SMILES string of the molecule is CC(=N)[NH2+]CCC#N. The van der Waals surface area contributed by atoms with Gasteiger partial charge >= 0.3 is 0 Å². The summed E-state index contributed by atoms with van der Waals surface area (Å²) >= 11 is 0. The first-order valence-electron chi connectivity index (χ1n) is 2.52. The van der Waals surface area contributed by atoms with Gasteiger partial charge in [0.15, 0.2) is 5.84 Å². The lowest BCUT2D eigenvalue weighted by molar-refractivity contribution is -0.540. The molecule has 0 aliphatic heterocycles. The van der Waals surface area contributed by atoms with Gasteiger partial charge in [0.25, 0.3) is 0 Å². The minimum atomic E-state index is 0.524. The Balaban J connectivity index is 2.97. The van der Waals surface area contributed by atoms with Gasteiger partial charge in [0.2, 0.25) is 0 Å². The predicted molar refractivity (Wildman–Crippen MR) is 30.4 cm³/mol. The fourth-order valence-electron chi connectivity index (χ4n) is 0.353. The number of hydrogen-bond donors (Lipinski definition) is 2. The van der Waals surface area contributed by atoms with Crippen LogP contribution in [0.25, 0.3) is 0 Å². The van der Waals surface area contributed by atoms with E-state index in [1.54, 1.807) is 12.2 Å². The molecule has 0 heterocycles. The van der Waals surface area contributed by atoms with Crippen molar-refractivity contribution in [3.05, 3.63) is 0 Å². The number of nitrogens with one attached hydrogen (secondary N) is 1. The van der Waals surface area contributed by atoms with Crippen LogP contribution in [0.3, 0.4) is 0 Å². The Bertz CT molecular complexity index is 111. The second kappa shape index (κ2) is 4.28. The first-order valence-corrected chi connectivity index (χ1v) is 2.52. The zero-order valence-electron chi connectivity index (χ0n) is 4.94. The van der Waals surface area contributed by atoms with Gasteiger partial charge in [0.1, 0.15) is 0 Å². The maximum absolute atomic E-state index is 8.04. The average molecular weight is 112 g/mol. The van der Waals surface area contributed by atoms with E-state index in [9.17, 15) is 0 Å². The van der Waals surface area contributed by atoms with E-state index in [2.05, 4.69) is 0 Å². The van der Waals surface area contributed by atoms with Crippen molar-refractivity contribution >= 4 is 5.84 Å². The molecule has 0 amide bonds. The van der Waals surface area contributed by atoms with Crippen LogP contribution in [-0.2, 0) is 0 Å². The van der Waals surface area contributed by atoms with Crippen molar-refractivity contribution < 1.29 is 5.32 Å². The highest BCUT2D eigenvalue weighted by molar-refractivity contribution is 5.65.